The molecule has 0 saturated heterocycles. The number of nitrogens with two attached hydrogens (primary N) is 1. The maximum absolute atomic E-state index is 12.9. The number of anilines is 1. The number of hydrogen-bond donors (Lipinski definition) is 2. The van der Waals surface area contributed by atoms with E-state index < -0.39 is 5.91 Å². The van der Waals surface area contributed by atoms with Gasteiger partial charge in [-0.25, -0.2) is 0 Å². The quantitative estimate of drug-likeness (QED) is 0.201. The minimum Gasteiger partial charge on any atom is -0.488 e. The lowest BCUT2D eigenvalue weighted by atomic mass is 9.96. The summed E-state index contributed by atoms with van der Waals surface area (Å²) in [5, 5.41) is 10.8. The summed E-state index contributed by atoms with van der Waals surface area (Å²) >= 11 is 0. The zero-order chi connectivity index (χ0) is 28.8. The summed E-state index contributed by atoms with van der Waals surface area (Å²) in [5.41, 5.74) is 9.47. The van der Waals surface area contributed by atoms with Crippen LogP contribution < -0.4 is 20.5 Å². The van der Waals surface area contributed by atoms with Crippen molar-refractivity contribution in [3.8, 4) is 34.2 Å². The van der Waals surface area contributed by atoms with Crippen LogP contribution in [-0.4, -0.2) is 27.7 Å². The highest BCUT2D eigenvalue weighted by Crippen LogP contribution is 2.44. The van der Waals surface area contributed by atoms with Gasteiger partial charge < -0.3 is 29.6 Å². The van der Waals surface area contributed by atoms with Crippen LogP contribution in [0.15, 0.2) is 81.8 Å². The zero-order valence-corrected chi connectivity index (χ0v) is 23.1. The Hall–Kier alpha value is -5.12. The average Bonchev–Trinajstić information content (AvgIpc) is 3.62. The highest BCUT2D eigenvalue weighted by atomic mass is 16.5. The molecule has 0 spiro atoms. The first-order valence-electron chi connectivity index (χ1n) is 13.3. The number of rotatable bonds is 11. The van der Waals surface area contributed by atoms with E-state index in [1.807, 2.05) is 79.7 Å². The summed E-state index contributed by atoms with van der Waals surface area (Å²) in [6.07, 6.45) is 0. The van der Waals surface area contributed by atoms with Crippen molar-refractivity contribution in [2.45, 2.75) is 39.9 Å². The van der Waals surface area contributed by atoms with Crippen LogP contribution in [0.5, 0.6) is 11.5 Å². The van der Waals surface area contributed by atoms with Crippen LogP contribution in [0.1, 0.15) is 53.9 Å². The molecule has 3 aromatic carbocycles. The molecule has 10 nitrogen and oxygen atoms in total. The summed E-state index contributed by atoms with van der Waals surface area (Å²) in [7, 11) is 0. The van der Waals surface area contributed by atoms with Crippen molar-refractivity contribution < 1.29 is 23.3 Å². The summed E-state index contributed by atoms with van der Waals surface area (Å²) in [4.78, 5) is 17.1. The number of ether oxygens (including phenoxy) is 2. The third-order valence-corrected chi connectivity index (χ3v) is 6.36. The Morgan fingerprint density at radius 2 is 1.54 bits per heavy atom. The molecule has 210 valence electrons. The molecule has 3 N–H and O–H groups in total. The van der Waals surface area contributed by atoms with Gasteiger partial charge in [-0.1, -0.05) is 84.8 Å². The van der Waals surface area contributed by atoms with Gasteiger partial charge in [0.25, 0.3) is 5.91 Å². The molecule has 0 bridgehead atoms. The van der Waals surface area contributed by atoms with Crippen molar-refractivity contribution in [3.05, 3.63) is 95.2 Å². The van der Waals surface area contributed by atoms with Gasteiger partial charge in [0.2, 0.25) is 5.82 Å². The van der Waals surface area contributed by atoms with Gasteiger partial charge in [0, 0.05) is 12.6 Å². The maximum atomic E-state index is 12.9. The van der Waals surface area contributed by atoms with E-state index in [1.54, 1.807) is 0 Å². The second kappa shape index (κ2) is 12.4. The molecule has 5 rings (SSSR count). The first-order chi connectivity index (χ1) is 19.9. The Morgan fingerprint density at radius 3 is 2.10 bits per heavy atom. The molecule has 0 aliphatic rings. The molecule has 2 heterocycles. The minimum atomic E-state index is -0.445. The summed E-state index contributed by atoms with van der Waals surface area (Å²) in [5.74, 6) is 1.09. The number of amides is 1. The lowest BCUT2D eigenvalue weighted by Crippen LogP contribution is -2.23. The van der Waals surface area contributed by atoms with Crippen LogP contribution in [0.4, 0.5) is 6.01 Å². The van der Waals surface area contributed by atoms with E-state index in [9.17, 15) is 4.79 Å². The van der Waals surface area contributed by atoms with Crippen LogP contribution in [0.3, 0.4) is 0 Å². The highest BCUT2D eigenvalue weighted by molar-refractivity contribution is 6.01. The zero-order valence-electron chi connectivity index (χ0n) is 23.1. The summed E-state index contributed by atoms with van der Waals surface area (Å²) in [6.45, 7) is 7.01. The molecule has 0 aliphatic carbocycles. The number of hydrogen-bond acceptors (Lipinski definition) is 9. The van der Waals surface area contributed by atoms with E-state index in [1.165, 1.54) is 0 Å². The van der Waals surface area contributed by atoms with Crippen LogP contribution in [0, 0.1) is 0 Å². The molecule has 0 unspecified atom stereocenters. The largest absolute Gasteiger partial charge is 0.488 e. The van der Waals surface area contributed by atoms with Crippen molar-refractivity contribution in [1.82, 2.24) is 20.6 Å². The monoisotopic (exact) mass is 553 g/mol. The molecule has 10 heteroatoms. The van der Waals surface area contributed by atoms with Gasteiger partial charge in [-0.05, 0) is 35.6 Å². The molecule has 0 saturated carbocycles. The Morgan fingerprint density at radius 1 is 0.902 bits per heavy atom. The number of carbonyl (C=O) groups is 1. The van der Waals surface area contributed by atoms with Gasteiger partial charge in [0.15, 0.2) is 11.5 Å². The highest BCUT2D eigenvalue weighted by Gasteiger charge is 2.30. The van der Waals surface area contributed by atoms with Crippen LogP contribution in [-0.2, 0) is 13.2 Å². The normalized spacial score (nSPS) is 11.0. The smallest absolute Gasteiger partial charge is 0.319 e. The molecule has 1 amide bonds. The van der Waals surface area contributed by atoms with E-state index in [-0.39, 0.29) is 41.4 Å². The standard InChI is InChI=1S/C31H31N5O5/c1-4-33-30(37)27-26(29-34-31(32)41-36-29)28(40-35-27)23-15-22(19(2)3)24(38-17-20-11-7-5-8-12-20)16-25(23)39-18-21-13-9-6-10-14-21/h5-16,19H,4,17-18H2,1-3H3,(H,33,37)(H2,32,34,36). The third-order valence-electron chi connectivity index (χ3n) is 6.36. The molecular formula is C31H31N5O5. The van der Waals surface area contributed by atoms with E-state index in [0.717, 1.165) is 16.7 Å². The molecule has 41 heavy (non-hydrogen) atoms. The number of benzene rings is 3. The van der Waals surface area contributed by atoms with E-state index >= 15 is 0 Å². The van der Waals surface area contributed by atoms with Gasteiger partial charge in [-0.15, -0.1) is 0 Å². The fourth-order valence-corrected chi connectivity index (χ4v) is 4.34. The van der Waals surface area contributed by atoms with Gasteiger partial charge in [-0.3, -0.25) is 4.79 Å². The van der Waals surface area contributed by atoms with E-state index in [0.29, 0.717) is 30.2 Å². The Bertz CT molecular complexity index is 1610. The Kier molecular flexibility index (Phi) is 8.28. The first kappa shape index (κ1) is 27.4. The van der Waals surface area contributed by atoms with Crippen molar-refractivity contribution in [3.63, 3.8) is 0 Å². The maximum Gasteiger partial charge on any atom is 0.319 e. The third kappa shape index (κ3) is 6.22. The van der Waals surface area contributed by atoms with Gasteiger partial charge >= 0.3 is 6.01 Å². The molecule has 5 aromatic rings. The average molecular weight is 554 g/mol. The first-order valence-corrected chi connectivity index (χ1v) is 13.3. The summed E-state index contributed by atoms with van der Waals surface area (Å²) < 4.78 is 23.5. The predicted octanol–water partition coefficient (Wildman–Crippen LogP) is 6.00. The number of nitrogens with one attached hydrogen (secondary N) is 1. The van der Waals surface area contributed by atoms with Crippen LogP contribution >= 0.6 is 0 Å². The topological polar surface area (TPSA) is 139 Å². The lowest BCUT2D eigenvalue weighted by Gasteiger charge is -2.19. The van der Waals surface area contributed by atoms with Gasteiger partial charge in [0.1, 0.15) is 30.3 Å². The van der Waals surface area contributed by atoms with Crippen molar-refractivity contribution in [2.24, 2.45) is 0 Å². The fraction of sp³-hybridized carbons (Fsp3) is 0.226. The Labute approximate surface area is 237 Å². The number of carbonyl (C=O) groups excluding carboxylic acids is 1. The van der Waals surface area contributed by atoms with Crippen molar-refractivity contribution >= 4 is 11.9 Å². The molecule has 0 fully saturated rings. The SMILES string of the molecule is CCNC(=O)c1noc(-c2cc(C(C)C)c(OCc3ccccc3)cc2OCc2ccccc2)c1-c1noc(N)n1. The summed E-state index contributed by atoms with van der Waals surface area (Å²) in [6, 6.07) is 23.4. The molecule has 0 radical (unpaired) electrons. The fourth-order valence-electron chi connectivity index (χ4n) is 4.34. The molecule has 2 aromatic heterocycles. The molecule has 0 aliphatic heterocycles. The molecule has 0 atom stereocenters. The second-order valence-corrected chi connectivity index (χ2v) is 9.64. The van der Waals surface area contributed by atoms with Crippen LogP contribution in [0.25, 0.3) is 22.7 Å². The second-order valence-electron chi connectivity index (χ2n) is 9.64. The van der Waals surface area contributed by atoms with E-state index in [2.05, 4.69) is 34.5 Å². The van der Waals surface area contributed by atoms with Crippen LogP contribution in [0.2, 0.25) is 0 Å². The Balaban J connectivity index is 1.64. The van der Waals surface area contributed by atoms with E-state index in [4.69, 9.17) is 24.3 Å². The van der Waals surface area contributed by atoms with Crippen molar-refractivity contribution in [1.29, 1.82) is 0 Å². The lowest BCUT2D eigenvalue weighted by molar-refractivity contribution is 0.0947. The minimum absolute atomic E-state index is 0.00663. The number of aromatic nitrogens is 3. The van der Waals surface area contributed by atoms with Gasteiger partial charge in [0.05, 0.1) is 5.56 Å². The van der Waals surface area contributed by atoms with Crippen molar-refractivity contribution in [2.75, 3.05) is 12.3 Å². The van der Waals surface area contributed by atoms with Gasteiger partial charge in [-0.2, -0.15) is 4.98 Å². The number of nitrogens with zero attached hydrogens (tertiary/aromatic N) is 3. The predicted molar refractivity (Wildman–Crippen MR) is 153 cm³/mol. The molecular weight excluding hydrogens is 522 g/mol. The number of nitrogen functional groups attached to an aromatic ring is 1.